The van der Waals surface area contributed by atoms with Gasteiger partial charge in [0, 0.05) is 19.0 Å². The molecule has 1 saturated heterocycles. The summed E-state index contributed by atoms with van der Waals surface area (Å²) >= 11 is 0. The summed E-state index contributed by atoms with van der Waals surface area (Å²) in [6, 6.07) is 0. The monoisotopic (exact) mass is 291 g/mol. The molecule has 1 amide bonds. The van der Waals surface area contributed by atoms with E-state index >= 15 is 0 Å². The Hall–Kier alpha value is -1.24. The number of amides is 1. The quantitative estimate of drug-likeness (QED) is 0.816. The minimum absolute atomic E-state index is 0.105. The van der Waals surface area contributed by atoms with Crippen LogP contribution in [0.4, 0.5) is 8.78 Å². The average Bonchev–Trinajstić information content (AvgIpc) is 2.88. The second-order valence-electron chi connectivity index (χ2n) is 5.77. The average molecular weight is 291 g/mol. The molecule has 2 fully saturated rings. The van der Waals surface area contributed by atoms with E-state index in [1.165, 1.54) is 4.90 Å². The van der Waals surface area contributed by atoms with E-state index in [4.69, 9.17) is 5.11 Å². The molecule has 0 unspecified atom stereocenters. The first-order valence-electron chi connectivity index (χ1n) is 6.85. The highest BCUT2D eigenvalue weighted by molar-refractivity contribution is 5.81. The highest BCUT2D eigenvalue weighted by Crippen LogP contribution is 2.34. The predicted molar refractivity (Wildman–Crippen MR) is 65.2 cm³/mol. The molecule has 0 aromatic carbocycles. The summed E-state index contributed by atoms with van der Waals surface area (Å²) < 4.78 is 25.3. The van der Waals surface area contributed by atoms with E-state index in [-0.39, 0.29) is 37.8 Å². The first-order chi connectivity index (χ1) is 9.33. The largest absolute Gasteiger partial charge is 0.481 e. The summed E-state index contributed by atoms with van der Waals surface area (Å²) in [5.41, 5.74) is -1.99. The normalized spacial score (nSPS) is 29.7. The lowest BCUT2D eigenvalue weighted by molar-refractivity contribution is -0.150. The first kappa shape index (κ1) is 15.2. The molecule has 0 radical (unpaired) electrons. The summed E-state index contributed by atoms with van der Waals surface area (Å²) in [5.74, 6) is -1.85. The Kier molecular flexibility index (Phi) is 4.27. The topological polar surface area (TPSA) is 77.8 Å². The summed E-state index contributed by atoms with van der Waals surface area (Å²) in [6.07, 6.45) is -1.73. The van der Waals surface area contributed by atoms with Crippen molar-refractivity contribution in [2.75, 3.05) is 13.1 Å². The lowest BCUT2D eigenvalue weighted by atomic mass is 9.91. The molecule has 2 N–H and O–H groups in total. The number of halogens is 2. The predicted octanol–water partition coefficient (Wildman–Crippen LogP) is 1.11. The van der Waals surface area contributed by atoms with Crippen LogP contribution in [-0.2, 0) is 9.59 Å². The number of rotatable bonds is 3. The van der Waals surface area contributed by atoms with Gasteiger partial charge in [0.15, 0.2) is 0 Å². The molecule has 2 aliphatic rings. The number of carbonyl (C=O) groups excluding carboxylic acids is 1. The van der Waals surface area contributed by atoms with Crippen LogP contribution in [0.3, 0.4) is 0 Å². The number of hydrogen-bond acceptors (Lipinski definition) is 3. The highest BCUT2D eigenvalue weighted by Gasteiger charge is 2.43. The van der Waals surface area contributed by atoms with E-state index in [9.17, 15) is 23.5 Å². The number of hydrogen-bond donors (Lipinski definition) is 2. The highest BCUT2D eigenvalue weighted by atomic mass is 19.3. The van der Waals surface area contributed by atoms with Gasteiger partial charge in [-0.1, -0.05) is 0 Å². The molecule has 0 bridgehead atoms. The summed E-state index contributed by atoms with van der Waals surface area (Å²) in [4.78, 5) is 24.6. The number of likely N-dealkylation sites (tertiary alicyclic amines) is 1. The lowest BCUT2D eigenvalue weighted by Gasteiger charge is -2.38. The van der Waals surface area contributed by atoms with Crippen molar-refractivity contribution in [3.8, 4) is 0 Å². The van der Waals surface area contributed by atoms with Gasteiger partial charge < -0.3 is 15.1 Å². The Balaban J connectivity index is 1.88. The Labute approximate surface area is 115 Å². The van der Waals surface area contributed by atoms with Gasteiger partial charge in [0.1, 0.15) is 5.60 Å². The fraction of sp³-hybridized carbons (Fsp3) is 0.846. The van der Waals surface area contributed by atoms with Crippen LogP contribution in [-0.4, -0.2) is 52.1 Å². The van der Waals surface area contributed by atoms with E-state index in [0.717, 1.165) is 0 Å². The maximum atomic E-state index is 12.7. The third-order valence-electron chi connectivity index (χ3n) is 4.48. The number of carbonyl (C=O) groups is 2. The maximum Gasteiger partial charge on any atom is 0.306 e. The van der Waals surface area contributed by atoms with Crippen LogP contribution >= 0.6 is 0 Å². The van der Waals surface area contributed by atoms with Crippen LogP contribution in [0.1, 0.15) is 32.1 Å². The van der Waals surface area contributed by atoms with Crippen LogP contribution in [0.2, 0.25) is 0 Å². The fourth-order valence-corrected chi connectivity index (χ4v) is 3.02. The molecule has 2 rings (SSSR count). The molecule has 0 aromatic heterocycles. The zero-order valence-corrected chi connectivity index (χ0v) is 11.1. The second-order valence-corrected chi connectivity index (χ2v) is 5.77. The van der Waals surface area contributed by atoms with Crippen molar-refractivity contribution >= 4 is 11.9 Å². The third-order valence-corrected chi connectivity index (χ3v) is 4.48. The number of nitrogens with zero attached hydrogens (tertiary/aromatic N) is 1. The van der Waals surface area contributed by atoms with Gasteiger partial charge in [0.05, 0.1) is 5.92 Å². The van der Waals surface area contributed by atoms with Crippen molar-refractivity contribution in [3.05, 3.63) is 0 Å². The second kappa shape index (κ2) is 5.63. The van der Waals surface area contributed by atoms with Gasteiger partial charge in [-0.05, 0) is 32.1 Å². The smallest absolute Gasteiger partial charge is 0.306 e. The van der Waals surface area contributed by atoms with E-state index in [0.29, 0.717) is 19.3 Å². The van der Waals surface area contributed by atoms with E-state index in [1.807, 2.05) is 0 Å². The first-order valence-corrected chi connectivity index (χ1v) is 6.85. The van der Waals surface area contributed by atoms with Gasteiger partial charge in [-0.3, -0.25) is 9.59 Å². The Morgan fingerprint density at radius 2 is 1.70 bits per heavy atom. The number of piperidine rings is 1. The molecule has 1 aliphatic heterocycles. The van der Waals surface area contributed by atoms with Crippen LogP contribution in [0.25, 0.3) is 0 Å². The molecule has 114 valence electrons. The van der Waals surface area contributed by atoms with Crippen LogP contribution in [0, 0.1) is 11.8 Å². The van der Waals surface area contributed by atoms with E-state index in [2.05, 4.69) is 0 Å². The van der Waals surface area contributed by atoms with Crippen LogP contribution < -0.4 is 0 Å². The number of carboxylic acids is 1. The number of aliphatic carboxylic acids is 1. The van der Waals surface area contributed by atoms with Crippen molar-refractivity contribution in [2.24, 2.45) is 11.8 Å². The lowest BCUT2D eigenvalue weighted by Crippen LogP contribution is -2.51. The third kappa shape index (κ3) is 2.92. The van der Waals surface area contributed by atoms with Crippen molar-refractivity contribution in [1.82, 2.24) is 4.90 Å². The van der Waals surface area contributed by atoms with Crippen molar-refractivity contribution in [2.45, 2.75) is 44.1 Å². The van der Waals surface area contributed by atoms with Gasteiger partial charge in [0.25, 0.3) is 6.43 Å². The SMILES string of the molecule is O=C(O)[C@@H]1CC[C@H](C(=O)N2CCC(O)(C(F)F)CC2)C1. The molecule has 1 aliphatic carbocycles. The molecule has 1 saturated carbocycles. The number of carboxylic acid groups (broad SMARTS) is 1. The minimum atomic E-state index is -2.80. The molecular weight excluding hydrogens is 272 g/mol. The van der Waals surface area contributed by atoms with E-state index in [1.54, 1.807) is 0 Å². The van der Waals surface area contributed by atoms with Crippen LogP contribution in [0.5, 0.6) is 0 Å². The van der Waals surface area contributed by atoms with Gasteiger partial charge in [-0.2, -0.15) is 0 Å². The summed E-state index contributed by atoms with van der Waals surface area (Å²) in [6.45, 7) is 0.210. The minimum Gasteiger partial charge on any atom is -0.481 e. The van der Waals surface area contributed by atoms with E-state index < -0.39 is 23.9 Å². The van der Waals surface area contributed by atoms with Crippen molar-refractivity contribution in [3.63, 3.8) is 0 Å². The van der Waals surface area contributed by atoms with Gasteiger partial charge in [0.2, 0.25) is 5.91 Å². The van der Waals surface area contributed by atoms with Crippen molar-refractivity contribution in [1.29, 1.82) is 0 Å². The fourth-order valence-electron chi connectivity index (χ4n) is 3.02. The van der Waals surface area contributed by atoms with Crippen molar-refractivity contribution < 1.29 is 28.6 Å². The number of alkyl halides is 2. The Morgan fingerprint density at radius 3 is 2.15 bits per heavy atom. The molecule has 0 spiro atoms. The Morgan fingerprint density at radius 1 is 1.15 bits per heavy atom. The van der Waals surface area contributed by atoms with Gasteiger partial charge in [-0.25, -0.2) is 8.78 Å². The maximum absolute atomic E-state index is 12.7. The molecule has 7 heteroatoms. The van der Waals surface area contributed by atoms with Gasteiger partial charge in [-0.15, -0.1) is 0 Å². The molecule has 0 aromatic rings. The molecule has 2 atom stereocenters. The molecule has 5 nitrogen and oxygen atoms in total. The standard InChI is InChI=1S/C13H19F2NO4/c14-12(15)13(20)3-5-16(6-4-13)10(17)8-1-2-9(7-8)11(18)19/h8-9,12,20H,1-7H2,(H,18,19)/t8-,9+/m0/s1. The molecule has 20 heavy (non-hydrogen) atoms. The van der Waals surface area contributed by atoms with Gasteiger partial charge >= 0.3 is 5.97 Å². The number of aliphatic hydroxyl groups is 1. The zero-order valence-electron chi connectivity index (χ0n) is 11.1. The van der Waals surface area contributed by atoms with Crippen LogP contribution in [0.15, 0.2) is 0 Å². The Bertz CT molecular complexity index is 394. The zero-order chi connectivity index (χ0) is 14.9. The summed E-state index contributed by atoms with van der Waals surface area (Å²) in [7, 11) is 0. The summed E-state index contributed by atoms with van der Waals surface area (Å²) in [5, 5.41) is 18.6. The molecule has 1 heterocycles. The molecular formula is C13H19F2NO4.